The average molecular weight is 455 g/mol. The van der Waals surface area contributed by atoms with Gasteiger partial charge >= 0.3 is 5.97 Å². The second-order valence-electron chi connectivity index (χ2n) is 5.83. The lowest BCUT2D eigenvalue weighted by Gasteiger charge is -2.27. The molecule has 0 saturated heterocycles. The smallest absolute Gasteiger partial charge is 0.335 e. The number of alkyl halides is 3. The zero-order chi connectivity index (χ0) is 20.4. The molecule has 0 aliphatic carbocycles. The molecule has 0 aliphatic rings. The van der Waals surface area contributed by atoms with Crippen molar-refractivity contribution in [3.63, 3.8) is 0 Å². The van der Waals surface area contributed by atoms with Crippen LogP contribution < -0.4 is 16.0 Å². The molecule has 1 aromatic carbocycles. The first-order valence-corrected chi connectivity index (χ1v) is 9.94. The highest BCUT2D eigenvalue weighted by molar-refractivity contribution is 7.80. The van der Waals surface area contributed by atoms with E-state index < -0.39 is 15.9 Å². The van der Waals surface area contributed by atoms with Crippen LogP contribution in [0.1, 0.15) is 49.4 Å². The Hall–Kier alpha value is -1.28. The topological polar surface area (TPSA) is 90.5 Å². The van der Waals surface area contributed by atoms with Crippen molar-refractivity contribution in [2.45, 2.75) is 49.0 Å². The van der Waals surface area contributed by atoms with Crippen molar-refractivity contribution in [2.24, 2.45) is 0 Å². The molecule has 1 aromatic rings. The Labute approximate surface area is 178 Å². The van der Waals surface area contributed by atoms with Crippen molar-refractivity contribution < 1.29 is 14.7 Å². The molecule has 0 bridgehead atoms. The van der Waals surface area contributed by atoms with E-state index in [1.54, 1.807) is 12.1 Å². The molecule has 1 atom stereocenters. The molecule has 0 spiro atoms. The fourth-order valence-electron chi connectivity index (χ4n) is 2.14. The molecule has 1 unspecified atom stereocenters. The first-order valence-electron chi connectivity index (χ1n) is 8.40. The van der Waals surface area contributed by atoms with Gasteiger partial charge in [0, 0.05) is 12.1 Å². The van der Waals surface area contributed by atoms with Gasteiger partial charge in [-0.15, -0.1) is 0 Å². The second-order valence-corrected chi connectivity index (χ2v) is 8.61. The molecule has 10 heteroatoms. The molecule has 27 heavy (non-hydrogen) atoms. The molecule has 0 radical (unpaired) electrons. The van der Waals surface area contributed by atoms with Gasteiger partial charge in [-0.25, -0.2) is 4.79 Å². The Kier molecular flexibility index (Phi) is 10.2. The average Bonchev–Trinajstić information content (AvgIpc) is 2.58. The number of amides is 1. The minimum Gasteiger partial charge on any atom is -0.478 e. The van der Waals surface area contributed by atoms with Crippen molar-refractivity contribution >= 4 is 69.7 Å². The third-order valence-electron chi connectivity index (χ3n) is 3.56. The quantitative estimate of drug-likeness (QED) is 0.191. The van der Waals surface area contributed by atoms with Gasteiger partial charge in [0.1, 0.15) is 6.17 Å². The Morgan fingerprint density at radius 2 is 1.74 bits per heavy atom. The molecule has 1 amide bonds. The lowest BCUT2D eigenvalue weighted by atomic mass is 10.1. The predicted octanol–water partition coefficient (Wildman–Crippen LogP) is 4.45. The zero-order valence-electron chi connectivity index (χ0n) is 14.7. The number of benzene rings is 1. The van der Waals surface area contributed by atoms with E-state index in [1.165, 1.54) is 12.1 Å². The van der Waals surface area contributed by atoms with Crippen molar-refractivity contribution in [3.8, 4) is 0 Å². The monoisotopic (exact) mass is 453 g/mol. The van der Waals surface area contributed by atoms with E-state index in [9.17, 15) is 9.59 Å². The molecule has 0 saturated carbocycles. The van der Waals surface area contributed by atoms with Crippen LogP contribution in [0.4, 0.5) is 5.69 Å². The Morgan fingerprint density at radius 1 is 1.11 bits per heavy atom. The molecule has 1 rings (SSSR count). The van der Waals surface area contributed by atoms with Crippen molar-refractivity contribution in [1.29, 1.82) is 0 Å². The molecule has 0 fully saturated rings. The van der Waals surface area contributed by atoms with Crippen LogP contribution in [0.25, 0.3) is 0 Å². The summed E-state index contributed by atoms with van der Waals surface area (Å²) in [6, 6.07) is 5.96. The summed E-state index contributed by atoms with van der Waals surface area (Å²) in [6.07, 6.45) is 3.16. The highest BCUT2D eigenvalue weighted by atomic mass is 35.6. The van der Waals surface area contributed by atoms with Crippen molar-refractivity contribution in [1.82, 2.24) is 10.6 Å². The van der Waals surface area contributed by atoms with E-state index >= 15 is 0 Å². The minimum atomic E-state index is -1.82. The Balaban J connectivity index is 2.61. The van der Waals surface area contributed by atoms with Gasteiger partial charge in [-0.05, 0) is 42.9 Å². The number of anilines is 1. The zero-order valence-corrected chi connectivity index (χ0v) is 17.8. The molecule has 0 aliphatic heterocycles. The first kappa shape index (κ1) is 23.8. The minimum absolute atomic E-state index is 0.112. The van der Waals surface area contributed by atoms with E-state index in [1.807, 2.05) is 0 Å². The predicted molar refractivity (Wildman–Crippen MR) is 114 cm³/mol. The maximum absolute atomic E-state index is 12.1. The highest BCUT2D eigenvalue weighted by Gasteiger charge is 2.34. The Morgan fingerprint density at radius 3 is 2.26 bits per heavy atom. The summed E-state index contributed by atoms with van der Waals surface area (Å²) in [7, 11) is 0. The highest BCUT2D eigenvalue weighted by Crippen LogP contribution is 2.29. The van der Waals surface area contributed by atoms with Gasteiger partial charge in [0.2, 0.25) is 9.70 Å². The van der Waals surface area contributed by atoms with Crippen LogP contribution in [-0.4, -0.2) is 32.1 Å². The van der Waals surface area contributed by atoms with Crippen LogP contribution in [0.5, 0.6) is 0 Å². The van der Waals surface area contributed by atoms with E-state index in [-0.39, 0.29) is 16.6 Å². The van der Waals surface area contributed by atoms with Crippen LogP contribution in [0.3, 0.4) is 0 Å². The largest absolute Gasteiger partial charge is 0.478 e. The summed E-state index contributed by atoms with van der Waals surface area (Å²) >= 11 is 23.0. The third kappa shape index (κ3) is 9.46. The standard InChI is InChI=1S/C17H22Cl3N3O3S/c1-2-3-4-5-6-13(24)22-15(17(18,19)20)23-16(27)21-12-9-7-11(8-10-12)14(25)26/h7-10,15H,2-6H2,1H3,(H,22,24)(H,25,26)(H2,21,23,27). The SMILES string of the molecule is CCCCCCC(=O)NC(NC(=S)Nc1ccc(C(=O)O)cc1)C(Cl)(Cl)Cl. The van der Waals surface area contributed by atoms with Gasteiger partial charge in [-0.3, -0.25) is 4.79 Å². The number of nitrogens with one attached hydrogen (secondary N) is 3. The summed E-state index contributed by atoms with van der Waals surface area (Å²) in [5.41, 5.74) is 0.695. The van der Waals surface area contributed by atoms with Crippen LogP contribution in [0, 0.1) is 0 Å². The molecular formula is C17H22Cl3N3O3S. The molecule has 6 nitrogen and oxygen atoms in total. The number of rotatable bonds is 9. The Bertz CT molecular complexity index is 651. The fraction of sp³-hybridized carbons (Fsp3) is 0.471. The molecule has 0 heterocycles. The number of aromatic carboxylic acids is 1. The van der Waals surface area contributed by atoms with E-state index in [4.69, 9.17) is 52.1 Å². The normalized spacial score (nSPS) is 12.1. The van der Waals surface area contributed by atoms with Crippen LogP contribution in [0.15, 0.2) is 24.3 Å². The summed E-state index contributed by atoms with van der Waals surface area (Å²) in [6.45, 7) is 2.09. The molecule has 4 N–H and O–H groups in total. The summed E-state index contributed by atoms with van der Waals surface area (Å²) < 4.78 is -1.82. The van der Waals surface area contributed by atoms with E-state index in [0.29, 0.717) is 12.1 Å². The lowest BCUT2D eigenvalue weighted by molar-refractivity contribution is -0.122. The number of carbonyl (C=O) groups excluding carboxylic acids is 1. The van der Waals surface area contributed by atoms with Gasteiger partial charge in [-0.2, -0.15) is 0 Å². The first-order chi connectivity index (χ1) is 12.6. The van der Waals surface area contributed by atoms with E-state index in [2.05, 4.69) is 22.9 Å². The third-order valence-corrected chi connectivity index (χ3v) is 4.43. The fourth-order valence-corrected chi connectivity index (χ4v) is 2.70. The van der Waals surface area contributed by atoms with Crippen molar-refractivity contribution in [3.05, 3.63) is 29.8 Å². The summed E-state index contributed by atoms with van der Waals surface area (Å²) in [5, 5.41) is 17.2. The summed E-state index contributed by atoms with van der Waals surface area (Å²) in [5.74, 6) is -1.27. The van der Waals surface area contributed by atoms with Gasteiger partial charge in [-0.1, -0.05) is 61.0 Å². The van der Waals surface area contributed by atoms with Gasteiger partial charge < -0.3 is 21.1 Å². The van der Waals surface area contributed by atoms with Gasteiger partial charge in [0.05, 0.1) is 5.56 Å². The van der Waals surface area contributed by atoms with Crippen LogP contribution >= 0.6 is 47.0 Å². The summed E-state index contributed by atoms with van der Waals surface area (Å²) in [4.78, 5) is 22.9. The van der Waals surface area contributed by atoms with Crippen LogP contribution in [-0.2, 0) is 4.79 Å². The van der Waals surface area contributed by atoms with E-state index in [0.717, 1.165) is 25.7 Å². The molecule has 0 aromatic heterocycles. The number of carbonyl (C=O) groups is 2. The second kappa shape index (κ2) is 11.5. The molecule has 150 valence electrons. The number of hydrogen-bond acceptors (Lipinski definition) is 3. The number of carboxylic acid groups (broad SMARTS) is 1. The number of halogens is 3. The maximum Gasteiger partial charge on any atom is 0.335 e. The van der Waals surface area contributed by atoms with Crippen LogP contribution in [0.2, 0.25) is 0 Å². The number of unbranched alkanes of at least 4 members (excludes halogenated alkanes) is 3. The maximum atomic E-state index is 12.1. The number of carboxylic acids is 1. The molecular weight excluding hydrogens is 433 g/mol. The van der Waals surface area contributed by atoms with Gasteiger partial charge in [0.15, 0.2) is 5.11 Å². The number of hydrogen-bond donors (Lipinski definition) is 4. The van der Waals surface area contributed by atoms with Gasteiger partial charge in [0.25, 0.3) is 0 Å². The van der Waals surface area contributed by atoms with Crippen molar-refractivity contribution in [2.75, 3.05) is 5.32 Å². The lowest BCUT2D eigenvalue weighted by Crippen LogP contribution is -2.56. The number of thiocarbonyl (C=S) groups is 1.